The van der Waals surface area contributed by atoms with E-state index in [9.17, 15) is 4.79 Å². The second kappa shape index (κ2) is 13.2. The summed E-state index contributed by atoms with van der Waals surface area (Å²) >= 11 is 1.57. The van der Waals surface area contributed by atoms with Crippen molar-refractivity contribution in [2.75, 3.05) is 5.75 Å². The van der Waals surface area contributed by atoms with Gasteiger partial charge >= 0.3 is 0 Å². The molecular formula is C25H38OS. The van der Waals surface area contributed by atoms with Crippen LogP contribution in [0.5, 0.6) is 0 Å². The van der Waals surface area contributed by atoms with E-state index in [4.69, 9.17) is 0 Å². The first kappa shape index (κ1) is 22.3. The molecule has 1 aliphatic rings. The summed E-state index contributed by atoms with van der Waals surface area (Å²) in [6.45, 7) is 6.43. The zero-order chi connectivity index (χ0) is 19.3. The summed E-state index contributed by atoms with van der Waals surface area (Å²) in [7, 11) is 0. The van der Waals surface area contributed by atoms with Crippen molar-refractivity contribution in [2.45, 2.75) is 89.9 Å². The van der Waals surface area contributed by atoms with E-state index < -0.39 is 0 Å². The van der Waals surface area contributed by atoms with Crippen LogP contribution in [0.25, 0.3) is 0 Å². The van der Waals surface area contributed by atoms with Gasteiger partial charge in [-0.05, 0) is 30.7 Å². The zero-order valence-electron chi connectivity index (χ0n) is 17.3. The second-order valence-corrected chi connectivity index (χ2v) is 9.23. The molecular weight excluding hydrogens is 348 g/mol. The highest BCUT2D eigenvalue weighted by Gasteiger charge is 2.35. The number of carbonyl (C=O) groups is 1. The van der Waals surface area contributed by atoms with E-state index in [1.54, 1.807) is 11.8 Å². The summed E-state index contributed by atoms with van der Waals surface area (Å²) in [6, 6.07) is 10.5. The molecule has 0 unspecified atom stereocenters. The molecule has 1 aromatic rings. The average molecular weight is 387 g/mol. The predicted octanol–water partition coefficient (Wildman–Crippen LogP) is 7.92. The van der Waals surface area contributed by atoms with Crippen LogP contribution in [0.1, 0.15) is 95.5 Å². The van der Waals surface area contributed by atoms with Crippen LogP contribution in [-0.2, 0) is 4.79 Å². The lowest BCUT2D eigenvalue weighted by Gasteiger charge is -2.18. The molecule has 2 rings (SSSR count). The molecule has 1 fully saturated rings. The van der Waals surface area contributed by atoms with Gasteiger partial charge in [-0.1, -0.05) is 119 Å². The van der Waals surface area contributed by atoms with Crippen LogP contribution in [0, 0.1) is 5.92 Å². The van der Waals surface area contributed by atoms with Crippen LogP contribution in [-0.4, -0.2) is 10.9 Å². The van der Waals surface area contributed by atoms with Gasteiger partial charge in [0, 0.05) is 11.7 Å². The van der Waals surface area contributed by atoms with Gasteiger partial charge in [0.1, 0.15) is 0 Å². The Morgan fingerprint density at radius 3 is 2.15 bits per heavy atom. The molecule has 0 aliphatic heterocycles. The SMILES string of the molecule is C=C1C[C@H](C(=O)SCCCCCCCCCCCC)[C@@H](c2ccccc2)C1. The number of hydrogen-bond acceptors (Lipinski definition) is 2. The highest BCUT2D eigenvalue weighted by molar-refractivity contribution is 8.13. The Balaban J connectivity index is 1.58. The normalized spacial score (nSPS) is 19.5. The topological polar surface area (TPSA) is 17.1 Å². The minimum absolute atomic E-state index is 0.132. The van der Waals surface area contributed by atoms with E-state index >= 15 is 0 Å². The smallest absolute Gasteiger partial charge is 0.192 e. The molecule has 0 bridgehead atoms. The Morgan fingerprint density at radius 1 is 0.926 bits per heavy atom. The summed E-state index contributed by atoms with van der Waals surface area (Å²) in [5.74, 6) is 1.46. The van der Waals surface area contributed by atoms with E-state index in [1.165, 1.54) is 75.3 Å². The van der Waals surface area contributed by atoms with Gasteiger partial charge in [0.2, 0.25) is 0 Å². The Morgan fingerprint density at radius 2 is 1.52 bits per heavy atom. The number of carbonyl (C=O) groups excluding carboxylic acids is 1. The molecule has 1 aliphatic carbocycles. The predicted molar refractivity (Wildman–Crippen MR) is 120 cm³/mol. The molecule has 27 heavy (non-hydrogen) atoms. The van der Waals surface area contributed by atoms with Gasteiger partial charge in [0.25, 0.3) is 0 Å². The molecule has 0 saturated heterocycles. The molecule has 0 aromatic heterocycles. The van der Waals surface area contributed by atoms with Gasteiger partial charge in [0.15, 0.2) is 5.12 Å². The van der Waals surface area contributed by atoms with Gasteiger partial charge < -0.3 is 0 Å². The quantitative estimate of drug-likeness (QED) is 0.253. The lowest BCUT2D eigenvalue weighted by Crippen LogP contribution is -2.15. The van der Waals surface area contributed by atoms with Crippen molar-refractivity contribution in [3.05, 3.63) is 48.0 Å². The van der Waals surface area contributed by atoms with Gasteiger partial charge in [0.05, 0.1) is 0 Å². The molecule has 0 amide bonds. The number of rotatable bonds is 13. The Bertz CT molecular complexity index is 551. The molecule has 0 radical (unpaired) electrons. The third-order valence-electron chi connectivity index (χ3n) is 5.78. The maximum Gasteiger partial charge on any atom is 0.192 e. The van der Waals surface area contributed by atoms with Crippen molar-refractivity contribution >= 4 is 16.9 Å². The minimum Gasteiger partial charge on any atom is -0.287 e. The van der Waals surface area contributed by atoms with E-state index in [-0.39, 0.29) is 5.92 Å². The van der Waals surface area contributed by atoms with Crippen LogP contribution < -0.4 is 0 Å². The minimum atomic E-state index is 0.132. The molecule has 150 valence electrons. The molecule has 0 heterocycles. The maximum absolute atomic E-state index is 12.8. The van der Waals surface area contributed by atoms with Crippen molar-refractivity contribution in [3.63, 3.8) is 0 Å². The standard InChI is InChI=1S/C25H38OS/c1-3-4-5-6-7-8-9-10-11-15-18-27-25(26)24-20-21(2)19-23(24)22-16-13-12-14-17-22/h12-14,16-17,23-24H,2-11,15,18-20H2,1H3/t23-,24+/m1/s1. The van der Waals surface area contributed by atoms with Crippen LogP contribution in [0.15, 0.2) is 42.5 Å². The summed E-state index contributed by atoms with van der Waals surface area (Å²) in [5, 5.41) is 0.387. The number of allylic oxidation sites excluding steroid dienone is 1. The number of thioether (sulfide) groups is 1. The first-order chi connectivity index (χ1) is 13.2. The monoisotopic (exact) mass is 386 g/mol. The van der Waals surface area contributed by atoms with Crippen LogP contribution >= 0.6 is 11.8 Å². The van der Waals surface area contributed by atoms with Crippen molar-refractivity contribution < 1.29 is 4.79 Å². The van der Waals surface area contributed by atoms with E-state index in [0.717, 1.165) is 18.6 Å². The summed E-state index contributed by atoms with van der Waals surface area (Å²) in [4.78, 5) is 12.8. The molecule has 2 heteroatoms. The van der Waals surface area contributed by atoms with Gasteiger partial charge in [-0.2, -0.15) is 0 Å². The number of unbranched alkanes of at least 4 members (excludes halogenated alkanes) is 9. The van der Waals surface area contributed by atoms with Crippen molar-refractivity contribution in [3.8, 4) is 0 Å². The first-order valence-corrected chi connectivity index (χ1v) is 12.1. The average Bonchev–Trinajstić information content (AvgIpc) is 3.08. The lowest BCUT2D eigenvalue weighted by atomic mass is 9.90. The molecule has 0 N–H and O–H groups in total. The fourth-order valence-electron chi connectivity index (χ4n) is 4.16. The van der Waals surface area contributed by atoms with Crippen molar-refractivity contribution in [2.24, 2.45) is 5.92 Å². The molecule has 1 saturated carbocycles. The third kappa shape index (κ3) is 8.25. The van der Waals surface area contributed by atoms with Crippen molar-refractivity contribution in [1.29, 1.82) is 0 Å². The Hall–Kier alpha value is -1.02. The van der Waals surface area contributed by atoms with E-state index in [0.29, 0.717) is 11.0 Å². The fraction of sp³-hybridized carbons (Fsp3) is 0.640. The molecule has 2 atom stereocenters. The molecule has 0 spiro atoms. The van der Waals surface area contributed by atoms with Crippen LogP contribution in [0.4, 0.5) is 0 Å². The van der Waals surface area contributed by atoms with E-state index in [1.807, 2.05) is 6.07 Å². The Kier molecular flexibility index (Phi) is 10.9. The van der Waals surface area contributed by atoms with Crippen LogP contribution in [0.2, 0.25) is 0 Å². The van der Waals surface area contributed by atoms with E-state index in [2.05, 4.69) is 37.8 Å². The molecule has 1 nitrogen and oxygen atoms in total. The summed E-state index contributed by atoms with van der Waals surface area (Å²) < 4.78 is 0. The molecule has 1 aromatic carbocycles. The van der Waals surface area contributed by atoms with Crippen LogP contribution in [0.3, 0.4) is 0 Å². The largest absolute Gasteiger partial charge is 0.287 e. The third-order valence-corrected chi connectivity index (χ3v) is 6.86. The van der Waals surface area contributed by atoms with Gasteiger partial charge in [-0.15, -0.1) is 0 Å². The van der Waals surface area contributed by atoms with Crippen molar-refractivity contribution in [1.82, 2.24) is 0 Å². The highest BCUT2D eigenvalue weighted by atomic mass is 32.2. The first-order valence-electron chi connectivity index (χ1n) is 11.1. The maximum atomic E-state index is 12.8. The van der Waals surface area contributed by atoms with Gasteiger partial charge in [-0.25, -0.2) is 0 Å². The Labute approximate surface area is 171 Å². The van der Waals surface area contributed by atoms with Gasteiger partial charge in [-0.3, -0.25) is 4.79 Å². The summed E-state index contributed by atoms with van der Waals surface area (Å²) in [5.41, 5.74) is 2.54. The second-order valence-electron chi connectivity index (χ2n) is 8.13. The number of hydrogen-bond donors (Lipinski definition) is 0. The fourth-order valence-corrected chi connectivity index (χ4v) is 5.17. The highest BCUT2D eigenvalue weighted by Crippen LogP contribution is 2.44. The summed E-state index contributed by atoms with van der Waals surface area (Å²) in [6.07, 6.45) is 15.3. The lowest BCUT2D eigenvalue weighted by molar-refractivity contribution is -0.114. The number of benzene rings is 1. The zero-order valence-corrected chi connectivity index (χ0v) is 18.1.